The lowest BCUT2D eigenvalue weighted by molar-refractivity contribution is -0.387. The van der Waals surface area contributed by atoms with Gasteiger partial charge in [0.1, 0.15) is 0 Å². The van der Waals surface area contributed by atoms with Crippen LogP contribution < -0.4 is 5.32 Å². The first-order valence-corrected chi connectivity index (χ1v) is 9.46. The highest BCUT2D eigenvalue weighted by Gasteiger charge is 2.20. The van der Waals surface area contributed by atoms with Gasteiger partial charge in [0.25, 0.3) is 0 Å². The minimum Gasteiger partial charge on any atom is -0.325 e. The number of amides is 1. The summed E-state index contributed by atoms with van der Waals surface area (Å²) in [6.45, 7) is 3.70. The molecule has 1 heterocycles. The zero-order chi connectivity index (χ0) is 17.7. The minimum absolute atomic E-state index is 0.167. The standard InChI is InChI=1S/C13H13FN4O3S3/c1-3-22-12-16-17-13(24-12)23-7(2)11(19)15-8-4-5-9(14)10(6-8)18(20)21/h4-7H,3H2,1-2H3,(H,15,19)/t7-/m1/s1. The molecule has 7 nitrogen and oxygen atoms in total. The fourth-order valence-corrected chi connectivity index (χ4v) is 4.67. The summed E-state index contributed by atoms with van der Waals surface area (Å²) in [5.41, 5.74) is -0.515. The van der Waals surface area contributed by atoms with E-state index in [1.54, 1.807) is 18.7 Å². The van der Waals surface area contributed by atoms with Gasteiger partial charge in [0, 0.05) is 11.8 Å². The number of carbonyl (C=O) groups excluding carboxylic acids is 1. The van der Waals surface area contributed by atoms with E-state index < -0.39 is 21.7 Å². The number of halogens is 1. The Balaban J connectivity index is 2.00. The van der Waals surface area contributed by atoms with Gasteiger partial charge in [0.15, 0.2) is 8.68 Å². The van der Waals surface area contributed by atoms with Gasteiger partial charge in [-0.05, 0) is 24.8 Å². The van der Waals surface area contributed by atoms with Crippen LogP contribution in [0.3, 0.4) is 0 Å². The monoisotopic (exact) mass is 388 g/mol. The number of thioether (sulfide) groups is 2. The summed E-state index contributed by atoms with van der Waals surface area (Å²) in [4.78, 5) is 22.1. The molecular weight excluding hydrogens is 375 g/mol. The second kappa shape index (κ2) is 8.40. The summed E-state index contributed by atoms with van der Waals surface area (Å²) in [7, 11) is 0. The van der Waals surface area contributed by atoms with Crippen LogP contribution in [0.4, 0.5) is 15.8 Å². The molecule has 2 aromatic rings. The van der Waals surface area contributed by atoms with E-state index in [0.717, 1.165) is 22.2 Å². The third kappa shape index (κ3) is 4.89. The van der Waals surface area contributed by atoms with E-state index in [1.165, 1.54) is 29.2 Å². The SMILES string of the molecule is CCSc1nnc(S[C@H](C)C(=O)Nc2ccc(F)c([N+](=O)[O-])c2)s1. The topological polar surface area (TPSA) is 98.0 Å². The van der Waals surface area contributed by atoms with Crippen LogP contribution in [0, 0.1) is 15.9 Å². The van der Waals surface area contributed by atoms with E-state index in [0.29, 0.717) is 4.34 Å². The van der Waals surface area contributed by atoms with E-state index in [1.807, 2.05) is 6.92 Å². The number of rotatable bonds is 7. The van der Waals surface area contributed by atoms with Gasteiger partial charge in [-0.3, -0.25) is 14.9 Å². The summed E-state index contributed by atoms with van der Waals surface area (Å²) in [5.74, 6) is -0.422. The van der Waals surface area contributed by atoms with Crippen molar-refractivity contribution in [2.45, 2.75) is 27.8 Å². The lowest BCUT2D eigenvalue weighted by Gasteiger charge is -2.10. The van der Waals surface area contributed by atoms with Gasteiger partial charge in [0.05, 0.1) is 10.2 Å². The van der Waals surface area contributed by atoms with Crippen molar-refractivity contribution in [2.24, 2.45) is 0 Å². The minimum atomic E-state index is -0.949. The molecule has 11 heteroatoms. The molecule has 1 amide bonds. The number of hydrogen-bond donors (Lipinski definition) is 1. The molecule has 0 aliphatic heterocycles. The van der Waals surface area contributed by atoms with Gasteiger partial charge in [-0.2, -0.15) is 4.39 Å². The number of benzene rings is 1. The van der Waals surface area contributed by atoms with Crippen molar-refractivity contribution in [3.63, 3.8) is 0 Å². The maximum absolute atomic E-state index is 13.3. The predicted molar refractivity (Wildman–Crippen MR) is 93.3 cm³/mol. The Labute approximate surface area is 149 Å². The molecule has 0 bridgehead atoms. The molecule has 1 N–H and O–H groups in total. The van der Waals surface area contributed by atoms with Gasteiger partial charge in [-0.25, -0.2) is 0 Å². The molecular formula is C13H13FN4O3S3. The molecule has 0 aliphatic carbocycles. The predicted octanol–water partition coefficient (Wildman–Crippen LogP) is 3.82. The molecule has 0 aliphatic rings. The second-order valence-corrected chi connectivity index (χ2v) is 8.52. The number of nitrogens with zero attached hydrogens (tertiary/aromatic N) is 3. The Morgan fingerprint density at radius 2 is 2.17 bits per heavy atom. The van der Waals surface area contributed by atoms with Gasteiger partial charge >= 0.3 is 5.69 Å². The number of nitrogens with one attached hydrogen (secondary N) is 1. The van der Waals surface area contributed by atoms with Crippen LogP contribution in [-0.4, -0.2) is 32.0 Å². The van der Waals surface area contributed by atoms with E-state index in [-0.39, 0.29) is 11.6 Å². The van der Waals surface area contributed by atoms with Crippen LogP contribution in [-0.2, 0) is 4.79 Å². The first-order valence-electron chi connectivity index (χ1n) is 6.78. The average molecular weight is 388 g/mol. The molecule has 1 aromatic heterocycles. The van der Waals surface area contributed by atoms with Crippen molar-refractivity contribution in [3.05, 3.63) is 34.1 Å². The summed E-state index contributed by atoms with van der Waals surface area (Å²) < 4.78 is 14.8. The van der Waals surface area contributed by atoms with Crippen LogP contribution in [0.25, 0.3) is 0 Å². The number of nitro benzene ring substituents is 1. The van der Waals surface area contributed by atoms with Crippen LogP contribution in [0.15, 0.2) is 26.9 Å². The third-order valence-corrected chi connectivity index (χ3v) is 5.84. The highest BCUT2D eigenvalue weighted by atomic mass is 32.2. The summed E-state index contributed by atoms with van der Waals surface area (Å²) >= 11 is 4.22. The molecule has 1 atom stereocenters. The molecule has 1 aromatic carbocycles. The van der Waals surface area contributed by atoms with Gasteiger partial charge < -0.3 is 5.32 Å². The fraction of sp³-hybridized carbons (Fsp3) is 0.308. The van der Waals surface area contributed by atoms with Crippen LogP contribution in [0.2, 0.25) is 0 Å². The zero-order valence-corrected chi connectivity index (χ0v) is 15.1. The first kappa shape index (κ1) is 18.6. The number of anilines is 1. The maximum atomic E-state index is 13.3. The van der Waals surface area contributed by atoms with Crippen molar-refractivity contribution in [1.82, 2.24) is 10.2 Å². The van der Waals surface area contributed by atoms with Gasteiger partial charge in [-0.15, -0.1) is 10.2 Å². The van der Waals surface area contributed by atoms with E-state index in [9.17, 15) is 19.3 Å². The second-order valence-electron chi connectivity index (χ2n) is 4.44. The fourth-order valence-electron chi connectivity index (χ4n) is 1.61. The van der Waals surface area contributed by atoms with Gasteiger partial charge in [-0.1, -0.05) is 41.8 Å². The van der Waals surface area contributed by atoms with Crippen LogP contribution in [0.5, 0.6) is 0 Å². The van der Waals surface area contributed by atoms with E-state index in [4.69, 9.17) is 0 Å². The molecule has 0 saturated heterocycles. The largest absolute Gasteiger partial charge is 0.325 e. The molecule has 0 radical (unpaired) electrons. The summed E-state index contributed by atoms with van der Waals surface area (Å²) in [5, 5.41) is 20.8. The summed E-state index contributed by atoms with van der Waals surface area (Å²) in [6, 6.07) is 3.22. The lowest BCUT2D eigenvalue weighted by Crippen LogP contribution is -2.22. The Morgan fingerprint density at radius 1 is 1.46 bits per heavy atom. The molecule has 128 valence electrons. The Kier molecular flexibility index (Phi) is 6.52. The molecule has 2 rings (SSSR count). The smallest absolute Gasteiger partial charge is 0.306 e. The lowest BCUT2D eigenvalue weighted by atomic mass is 10.2. The van der Waals surface area contributed by atoms with Gasteiger partial charge in [0.2, 0.25) is 11.7 Å². The normalized spacial score (nSPS) is 12.0. The molecule has 0 unspecified atom stereocenters. The maximum Gasteiger partial charge on any atom is 0.306 e. The number of carbonyl (C=O) groups is 1. The first-order chi connectivity index (χ1) is 11.4. The Hall–Kier alpha value is -1.72. The summed E-state index contributed by atoms with van der Waals surface area (Å²) in [6.07, 6.45) is 0. The van der Waals surface area contributed by atoms with Crippen molar-refractivity contribution >= 4 is 52.1 Å². The zero-order valence-electron chi connectivity index (χ0n) is 12.7. The number of aromatic nitrogens is 2. The highest BCUT2D eigenvalue weighted by molar-refractivity contribution is 8.03. The number of nitro groups is 1. The third-order valence-electron chi connectivity index (χ3n) is 2.71. The van der Waals surface area contributed by atoms with Crippen LogP contribution >= 0.6 is 34.9 Å². The molecule has 0 fully saturated rings. The van der Waals surface area contributed by atoms with Crippen molar-refractivity contribution in [2.75, 3.05) is 11.1 Å². The molecule has 0 saturated carbocycles. The van der Waals surface area contributed by atoms with E-state index >= 15 is 0 Å². The molecule has 0 spiro atoms. The highest BCUT2D eigenvalue weighted by Crippen LogP contribution is 2.31. The van der Waals surface area contributed by atoms with Crippen molar-refractivity contribution < 1.29 is 14.1 Å². The molecule has 24 heavy (non-hydrogen) atoms. The average Bonchev–Trinajstić information content (AvgIpc) is 2.96. The van der Waals surface area contributed by atoms with Crippen molar-refractivity contribution in [1.29, 1.82) is 0 Å². The Morgan fingerprint density at radius 3 is 2.83 bits per heavy atom. The quantitative estimate of drug-likeness (QED) is 0.437. The van der Waals surface area contributed by atoms with E-state index in [2.05, 4.69) is 15.5 Å². The Bertz CT molecular complexity index is 756. The van der Waals surface area contributed by atoms with Crippen molar-refractivity contribution in [3.8, 4) is 0 Å². The van der Waals surface area contributed by atoms with Crippen LogP contribution in [0.1, 0.15) is 13.8 Å². The number of hydrogen-bond acceptors (Lipinski definition) is 8.